The normalized spacial score (nSPS) is 12.7. The van der Waals surface area contributed by atoms with Crippen LogP contribution in [0, 0.1) is 5.82 Å². The van der Waals surface area contributed by atoms with Crippen molar-refractivity contribution < 1.29 is 4.39 Å². The van der Waals surface area contributed by atoms with Gasteiger partial charge in [0.2, 0.25) is 0 Å². The van der Waals surface area contributed by atoms with Gasteiger partial charge in [-0.25, -0.2) is 4.39 Å². The number of rotatable bonds is 7. The summed E-state index contributed by atoms with van der Waals surface area (Å²) < 4.78 is 13.0. The molecule has 1 unspecified atom stereocenters. The van der Waals surface area contributed by atoms with Crippen molar-refractivity contribution in [2.24, 2.45) is 0 Å². The van der Waals surface area contributed by atoms with Gasteiger partial charge in [-0.1, -0.05) is 32.6 Å². The number of hydrogen-bond acceptors (Lipinski definition) is 2. The van der Waals surface area contributed by atoms with Crippen LogP contribution in [0.3, 0.4) is 0 Å². The van der Waals surface area contributed by atoms with Gasteiger partial charge in [0, 0.05) is 12.2 Å². The summed E-state index contributed by atoms with van der Waals surface area (Å²) in [6, 6.07) is 1.79. The SMILES string of the molecule is CCCCCCC(NC)c1cncc(F)c1. The van der Waals surface area contributed by atoms with Crippen LogP contribution in [-0.2, 0) is 0 Å². The summed E-state index contributed by atoms with van der Waals surface area (Å²) in [7, 11) is 1.91. The second-order valence-electron chi connectivity index (χ2n) is 4.13. The Morgan fingerprint density at radius 3 is 2.75 bits per heavy atom. The number of halogens is 1. The summed E-state index contributed by atoms with van der Waals surface area (Å²) in [6.45, 7) is 2.20. The first-order valence-corrected chi connectivity index (χ1v) is 6.05. The van der Waals surface area contributed by atoms with Crippen LogP contribution in [0.4, 0.5) is 4.39 Å². The van der Waals surface area contributed by atoms with Crippen LogP contribution in [-0.4, -0.2) is 12.0 Å². The van der Waals surface area contributed by atoms with Gasteiger partial charge in [0.1, 0.15) is 5.82 Å². The van der Waals surface area contributed by atoms with E-state index >= 15 is 0 Å². The van der Waals surface area contributed by atoms with E-state index < -0.39 is 0 Å². The standard InChI is InChI=1S/C13H21FN2/c1-3-4-5-6-7-13(15-2)11-8-12(14)10-16-9-11/h8-10,13,15H,3-7H2,1-2H3. The first kappa shape index (κ1) is 13.1. The van der Waals surface area contributed by atoms with Crippen molar-refractivity contribution in [1.82, 2.24) is 10.3 Å². The number of unbranched alkanes of at least 4 members (excludes halogenated alkanes) is 3. The number of aromatic nitrogens is 1. The highest BCUT2D eigenvalue weighted by Gasteiger charge is 2.09. The summed E-state index contributed by atoms with van der Waals surface area (Å²) in [5.74, 6) is -0.258. The summed E-state index contributed by atoms with van der Waals surface area (Å²) in [6.07, 6.45) is 8.97. The van der Waals surface area contributed by atoms with E-state index in [0.29, 0.717) is 0 Å². The molecule has 0 saturated heterocycles. The average Bonchev–Trinajstić information content (AvgIpc) is 2.29. The zero-order valence-electron chi connectivity index (χ0n) is 10.2. The third-order valence-corrected chi connectivity index (χ3v) is 2.82. The van der Waals surface area contributed by atoms with E-state index in [9.17, 15) is 4.39 Å². The van der Waals surface area contributed by atoms with Gasteiger partial charge in [-0.2, -0.15) is 0 Å². The quantitative estimate of drug-likeness (QED) is 0.717. The van der Waals surface area contributed by atoms with Gasteiger partial charge in [-0.05, 0) is 25.1 Å². The maximum atomic E-state index is 13.0. The van der Waals surface area contributed by atoms with Gasteiger partial charge in [-0.3, -0.25) is 4.98 Å². The molecule has 1 atom stereocenters. The summed E-state index contributed by atoms with van der Waals surface area (Å²) in [5, 5.41) is 3.22. The lowest BCUT2D eigenvalue weighted by atomic mass is 10.0. The fourth-order valence-electron chi connectivity index (χ4n) is 1.87. The first-order valence-electron chi connectivity index (χ1n) is 6.05. The molecule has 1 N–H and O–H groups in total. The lowest BCUT2D eigenvalue weighted by Crippen LogP contribution is -2.16. The monoisotopic (exact) mass is 224 g/mol. The van der Waals surface area contributed by atoms with Crippen molar-refractivity contribution in [1.29, 1.82) is 0 Å². The Hall–Kier alpha value is -0.960. The maximum absolute atomic E-state index is 13.0. The van der Waals surface area contributed by atoms with Gasteiger partial charge in [-0.15, -0.1) is 0 Å². The van der Waals surface area contributed by atoms with Crippen molar-refractivity contribution in [2.75, 3.05) is 7.05 Å². The number of nitrogens with one attached hydrogen (secondary N) is 1. The Morgan fingerprint density at radius 1 is 1.31 bits per heavy atom. The highest BCUT2D eigenvalue weighted by molar-refractivity contribution is 5.14. The van der Waals surface area contributed by atoms with Crippen LogP contribution >= 0.6 is 0 Å². The van der Waals surface area contributed by atoms with Crippen LogP contribution in [0.5, 0.6) is 0 Å². The molecule has 0 aliphatic rings. The Kier molecular flexibility index (Phi) is 6.01. The molecule has 0 aliphatic heterocycles. The van der Waals surface area contributed by atoms with Gasteiger partial charge >= 0.3 is 0 Å². The molecule has 0 aromatic carbocycles. The average molecular weight is 224 g/mol. The summed E-state index contributed by atoms with van der Waals surface area (Å²) >= 11 is 0. The molecule has 1 heterocycles. The molecule has 0 aliphatic carbocycles. The van der Waals surface area contributed by atoms with Crippen LogP contribution in [0.1, 0.15) is 50.6 Å². The van der Waals surface area contributed by atoms with E-state index in [1.165, 1.54) is 31.9 Å². The number of nitrogens with zero attached hydrogens (tertiary/aromatic N) is 1. The largest absolute Gasteiger partial charge is 0.313 e. The molecule has 0 radical (unpaired) electrons. The highest BCUT2D eigenvalue weighted by Crippen LogP contribution is 2.19. The molecule has 1 aromatic heterocycles. The maximum Gasteiger partial charge on any atom is 0.141 e. The van der Waals surface area contributed by atoms with E-state index in [2.05, 4.69) is 17.2 Å². The van der Waals surface area contributed by atoms with E-state index in [-0.39, 0.29) is 11.9 Å². The minimum absolute atomic E-state index is 0.222. The predicted molar refractivity (Wildman–Crippen MR) is 64.8 cm³/mol. The molecule has 90 valence electrons. The minimum Gasteiger partial charge on any atom is -0.313 e. The van der Waals surface area contributed by atoms with Gasteiger partial charge < -0.3 is 5.32 Å². The molecule has 0 bridgehead atoms. The summed E-state index contributed by atoms with van der Waals surface area (Å²) in [5.41, 5.74) is 0.944. The highest BCUT2D eigenvalue weighted by atomic mass is 19.1. The van der Waals surface area contributed by atoms with Crippen molar-refractivity contribution in [3.05, 3.63) is 29.8 Å². The fourth-order valence-corrected chi connectivity index (χ4v) is 1.87. The van der Waals surface area contributed by atoms with E-state index in [4.69, 9.17) is 0 Å². The molecule has 0 fully saturated rings. The van der Waals surface area contributed by atoms with E-state index in [0.717, 1.165) is 12.0 Å². The molecule has 1 aromatic rings. The van der Waals surface area contributed by atoms with Gasteiger partial charge in [0.05, 0.1) is 6.20 Å². The Morgan fingerprint density at radius 2 is 2.12 bits per heavy atom. The topological polar surface area (TPSA) is 24.9 Å². The van der Waals surface area contributed by atoms with Crippen LogP contribution in [0.2, 0.25) is 0 Å². The lowest BCUT2D eigenvalue weighted by Gasteiger charge is -2.16. The first-order chi connectivity index (χ1) is 7.77. The van der Waals surface area contributed by atoms with Crippen molar-refractivity contribution in [2.45, 2.75) is 45.1 Å². The Bertz CT molecular complexity index is 302. The smallest absolute Gasteiger partial charge is 0.141 e. The van der Waals surface area contributed by atoms with Crippen LogP contribution in [0.25, 0.3) is 0 Å². The van der Waals surface area contributed by atoms with Crippen LogP contribution < -0.4 is 5.32 Å². The van der Waals surface area contributed by atoms with Crippen molar-refractivity contribution >= 4 is 0 Å². The zero-order valence-corrected chi connectivity index (χ0v) is 10.2. The predicted octanol–water partition coefficient (Wildman–Crippen LogP) is 3.45. The molecular formula is C13H21FN2. The second kappa shape index (κ2) is 7.34. The molecule has 1 rings (SSSR count). The molecule has 0 spiro atoms. The molecule has 0 amide bonds. The Balaban J connectivity index is 2.47. The van der Waals surface area contributed by atoms with Crippen molar-refractivity contribution in [3.63, 3.8) is 0 Å². The van der Waals surface area contributed by atoms with E-state index in [1.54, 1.807) is 12.3 Å². The minimum atomic E-state index is -0.258. The van der Waals surface area contributed by atoms with Gasteiger partial charge in [0.25, 0.3) is 0 Å². The number of pyridine rings is 1. The van der Waals surface area contributed by atoms with Crippen LogP contribution in [0.15, 0.2) is 18.5 Å². The summed E-state index contributed by atoms with van der Waals surface area (Å²) in [4.78, 5) is 3.88. The molecular weight excluding hydrogens is 203 g/mol. The lowest BCUT2D eigenvalue weighted by molar-refractivity contribution is 0.500. The molecule has 0 saturated carbocycles. The molecule has 3 heteroatoms. The fraction of sp³-hybridized carbons (Fsp3) is 0.615. The molecule has 2 nitrogen and oxygen atoms in total. The van der Waals surface area contributed by atoms with Crippen molar-refractivity contribution in [3.8, 4) is 0 Å². The van der Waals surface area contributed by atoms with Gasteiger partial charge in [0.15, 0.2) is 0 Å². The third-order valence-electron chi connectivity index (χ3n) is 2.82. The second-order valence-corrected chi connectivity index (χ2v) is 4.13. The Labute approximate surface area is 97.3 Å². The van der Waals surface area contributed by atoms with E-state index in [1.807, 2.05) is 7.05 Å². The third kappa shape index (κ3) is 4.27. The zero-order chi connectivity index (χ0) is 11.8. The number of hydrogen-bond donors (Lipinski definition) is 1. The molecule has 16 heavy (non-hydrogen) atoms.